The average molecular weight is 214 g/mol. The van der Waals surface area contributed by atoms with E-state index in [9.17, 15) is 13.2 Å². The summed E-state index contributed by atoms with van der Waals surface area (Å²) in [5, 5.41) is 0. The number of hydrogen-bond donors (Lipinski definition) is 1. The predicted octanol–water partition coefficient (Wildman–Crippen LogP) is 2.50. The summed E-state index contributed by atoms with van der Waals surface area (Å²) in [5.41, 5.74) is 5.14. The number of hydrogen-bond acceptors (Lipinski definition) is 1. The van der Waals surface area contributed by atoms with E-state index in [1.165, 1.54) is 0 Å². The predicted molar refractivity (Wildman–Crippen MR) is 50.3 cm³/mol. The molecule has 0 atom stereocenters. The van der Waals surface area contributed by atoms with Crippen molar-refractivity contribution in [2.45, 2.75) is 12.8 Å². The van der Waals surface area contributed by atoms with Gasteiger partial charge in [0.1, 0.15) is 17.3 Å². The van der Waals surface area contributed by atoms with Gasteiger partial charge in [-0.3, -0.25) is 0 Å². The first-order valence-corrected chi connectivity index (χ1v) is 4.56. The van der Waals surface area contributed by atoms with Crippen LogP contribution in [0.1, 0.15) is 12.8 Å². The molecule has 1 aliphatic carbocycles. The van der Waals surface area contributed by atoms with Gasteiger partial charge in [-0.25, -0.2) is 18.2 Å². The van der Waals surface area contributed by atoms with Crippen molar-refractivity contribution in [2.24, 2.45) is 16.6 Å². The minimum absolute atomic E-state index is 0.135. The molecule has 0 bridgehead atoms. The van der Waals surface area contributed by atoms with Crippen molar-refractivity contribution in [2.75, 3.05) is 0 Å². The van der Waals surface area contributed by atoms with E-state index in [1.54, 1.807) is 0 Å². The van der Waals surface area contributed by atoms with Gasteiger partial charge in [-0.1, -0.05) is 0 Å². The molecule has 15 heavy (non-hydrogen) atoms. The maximum absolute atomic E-state index is 13.1. The lowest BCUT2D eigenvalue weighted by Gasteiger charge is -2.01. The molecule has 0 spiro atoms. The second-order valence-corrected chi connectivity index (χ2v) is 3.53. The van der Waals surface area contributed by atoms with E-state index in [-0.39, 0.29) is 17.4 Å². The van der Waals surface area contributed by atoms with Crippen molar-refractivity contribution in [3.8, 4) is 0 Å². The van der Waals surface area contributed by atoms with Crippen molar-refractivity contribution >= 4 is 11.5 Å². The van der Waals surface area contributed by atoms with Crippen LogP contribution in [0.4, 0.5) is 18.9 Å². The van der Waals surface area contributed by atoms with E-state index in [1.807, 2.05) is 0 Å². The lowest BCUT2D eigenvalue weighted by molar-refractivity contribution is 0.497. The molecule has 0 heterocycles. The van der Waals surface area contributed by atoms with Crippen molar-refractivity contribution in [3.05, 3.63) is 29.6 Å². The van der Waals surface area contributed by atoms with Crippen molar-refractivity contribution in [3.63, 3.8) is 0 Å². The van der Waals surface area contributed by atoms with E-state index < -0.39 is 17.5 Å². The minimum Gasteiger partial charge on any atom is -0.387 e. The van der Waals surface area contributed by atoms with E-state index >= 15 is 0 Å². The van der Waals surface area contributed by atoms with Crippen LogP contribution >= 0.6 is 0 Å². The molecule has 1 saturated carbocycles. The maximum Gasteiger partial charge on any atom is 0.184 e. The van der Waals surface area contributed by atoms with E-state index in [0.29, 0.717) is 6.07 Å². The van der Waals surface area contributed by atoms with Gasteiger partial charge in [0.15, 0.2) is 11.6 Å². The zero-order valence-corrected chi connectivity index (χ0v) is 7.80. The Kier molecular flexibility index (Phi) is 2.38. The highest BCUT2D eigenvalue weighted by Gasteiger charge is 2.26. The number of amidine groups is 1. The fraction of sp³-hybridized carbons (Fsp3) is 0.300. The summed E-state index contributed by atoms with van der Waals surface area (Å²) in [6.45, 7) is 0. The van der Waals surface area contributed by atoms with E-state index in [0.717, 1.165) is 18.9 Å². The summed E-state index contributed by atoms with van der Waals surface area (Å²) in [6, 6.07) is 1.30. The third kappa shape index (κ3) is 2.11. The average Bonchev–Trinajstić information content (AvgIpc) is 2.96. The Labute approximate surface area is 84.6 Å². The highest BCUT2D eigenvalue weighted by Crippen LogP contribution is 2.31. The molecule has 80 valence electrons. The van der Waals surface area contributed by atoms with Crippen LogP contribution in [0.5, 0.6) is 0 Å². The van der Waals surface area contributed by atoms with Crippen LogP contribution in [0, 0.1) is 23.4 Å². The number of aliphatic imine (C=N–C) groups is 1. The molecule has 0 aliphatic heterocycles. The highest BCUT2D eigenvalue weighted by atomic mass is 19.2. The van der Waals surface area contributed by atoms with Crippen LogP contribution in [0.25, 0.3) is 0 Å². The van der Waals surface area contributed by atoms with E-state index in [2.05, 4.69) is 4.99 Å². The largest absolute Gasteiger partial charge is 0.387 e. The Hall–Kier alpha value is -1.52. The topological polar surface area (TPSA) is 38.4 Å². The SMILES string of the molecule is NC(=Nc1cc(F)cc(F)c1F)C1CC1. The number of rotatable bonds is 2. The number of nitrogens with zero attached hydrogens (tertiary/aromatic N) is 1. The molecule has 5 heteroatoms. The van der Waals surface area contributed by atoms with Crippen molar-refractivity contribution < 1.29 is 13.2 Å². The molecule has 0 radical (unpaired) electrons. The molecule has 2 rings (SSSR count). The number of benzene rings is 1. The molecule has 0 saturated heterocycles. The van der Waals surface area contributed by atoms with Gasteiger partial charge in [0.05, 0.1) is 0 Å². The minimum atomic E-state index is -1.25. The lowest BCUT2D eigenvalue weighted by Crippen LogP contribution is -2.13. The molecule has 1 aromatic rings. The van der Waals surface area contributed by atoms with Crippen molar-refractivity contribution in [1.29, 1.82) is 0 Å². The number of halogens is 3. The van der Waals surface area contributed by atoms with Crippen LogP contribution in [0.2, 0.25) is 0 Å². The van der Waals surface area contributed by atoms with Gasteiger partial charge in [-0.05, 0) is 12.8 Å². The van der Waals surface area contributed by atoms with Gasteiger partial charge < -0.3 is 5.73 Å². The van der Waals surface area contributed by atoms with Gasteiger partial charge in [-0.15, -0.1) is 0 Å². The second-order valence-electron chi connectivity index (χ2n) is 3.53. The standard InChI is InChI=1S/C10H9F3N2/c11-6-3-7(12)9(13)8(4-6)15-10(14)5-1-2-5/h3-5H,1-2H2,(H2,14,15). The Balaban J connectivity index is 2.38. The first-order chi connectivity index (χ1) is 7.08. The zero-order valence-electron chi connectivity index (χ0n) is 7.80. The van der Waals surface area contributed by atoms with Gasteiger partial charge in [0.25, 0.3) is 0 Å². The molecule has 0 amide bonds. The quantitative estimate of drug-likeness (QED) is 0.458. The molecule has 1 aliphatic rings. The summed E-state index contributed by atoms with van der Waals surface area (Å²) in [5.74, 6) is -2.91. The Bertz CT molecular complexity index is 425. The molecule has 1 aromatic carbocycles. The van der Waals surface area contributed by atoms with Gasteiger partial charge in [0.2, 0.25) is 0 Å². The third-order valence-corrected chi connectivity index (χ3v) is 2.22. The summed E-state index contributed by atoms with van der Waals surface area (Å²) in [6.07, 6.45) is 1.80. The molecule has 1 fully saturated rings. The molecule has 2 N–H and O–H groups in total. The smallest absolute Gasteiger partial charge is 0.184 e. The first kappa shape index (κ1) is 10.0. The Morgan fingerprint density at radius 2 is 1.93 bits per heavy atom. The highest BCUT2D eigenvalue weighted by molar-refractivity contribution is 5.87. The van der Waals surface area contributed by atoms with Gasteiger partial charge in [-0.2, -0.15) is 0 Å². The zero-order chi connectivity index (χ0) is 11.0. The summed E-state index contributed by atoms with van der Waals surface area (Å²) in [4.78, 5) is 3.68. The summed E-state index contributed by atoms with van der Waals surface area (Å²) < 4.78 is 38.7. The Morgan fingerprint density at radius 1 is 1.27 bits per heavy atom. The summed E-state index contributed by atoms with van der Waals surface area (Å²) in [7, 11) is 0. The normalized spacial score (nSPS) is 16.9. The molecular weight excluding hydrogens is 205 g/mol. The van der Waals surface area contributed by atoms with Gasteiger partial charge >= 0.3 is 0 Å². The fourth-order valence-electron chi connectivity index (χ4n) is 1.23. The molecule has 0 aromatic heterocycles. The maximum atomic E-state index is 13.1. The van der Waals surface area contributed by atoms with Gasteiger partial charge in [0, 0.05) is 18.1 Å². The van der Waals surface area contributed by atoms with Crippen LogP contribution in [0.15, 0.2) is 17.1 Å². The second kappa shape index (κ2) is 3.56. The van der Waals surface area contributed by atoms with E-state index in [4.69, 9.17) is 5.73 Å². The summed E-state index contributed by atoms with van der Waals surface area (Å²) >= 11 is 0. The van der Waals surface area contributed by atoms with Crippen LogP contribution in [-0.4, -0.2) is 5.84 Å². The number of nitrogens with two attached hydrogens (primary N) is 1. The molecule has 2 nitrogen and oxygen atoms in total. The third-order valence-electron chi connectivity index (χ3n) is 2.22. The fourth-order valence-corrected chi connectivity index (χ4v) is 1.23. The molecule has 0 unspecified atom stereocenters. The molecular formula is C10H9F3N2. The van der Waals surface area contributed by atoms with Crippen LogP contribution in [-0.2, 0) is 0 Å². The van der Waals surface area contributed by atoms with Crippen molar-refractivity contribution in [1.82, 2.24) is 0 Å². The Morgan fingerprint density at radius 3 is 2.53 bits per heavy atom. The lowest BCUT2D eigenvalue weighted by atomic mass is 10.3. The monoisotopic (exact) mass is 214 g/mol. The first-order valence-electron chi connectivity index (χ1n) is 4.56. The van der Waals surface area contributed by atoms with Crippen LogP contribution < -0.4 is 5.73 Å². The van der Waals surface area contributed by atoms with Crippen LogP contribution in [0.3, 0.4) is 0 Å².